The Morgan fingerprint density at radius 3 is 2.39 bits per heavy atom. The van der Waals surface area contributed by atoms with E-state index in [1.165, 1.54) is 7.11 Å². The van der Waals surface area contributed by atoms with Crippen LogP contribution in [0.2, 0.25) is 0 Å². The van der Waals surface area contributed by atoms with Crippen molar-refractivity contribution in [3.8, 4) is 11.5 Å². The fourth-order valence-corrected chi connectivity index (χ4v) is 2.33. The maximum atomic E-state index is 12.3. The zero-order chi connectivity index (χ0) is 16.8. The van der Waals surface area contributed by atoms with Gasteiger partial charge < -0.3 is 14.8 Å². The summed E-state index contributed by atoms with van der Waals surface area (Å²) in [6.45, 7) is 0. The van der Waals surface area contributed by atoms with Crippen molar-refractivity contribution in [3.63, 3.8) is 0 Å². The molecule has 0 aliphatic heterocycles. The highest BCUT2D eigenvalue weighted by Gasteiger charge is 2.14. The van der Waals surface area contributed by atoms with Crippen LogP contribution >= 0.6 is 28.1 Å². The van der Waals surface area contributed by atoms with Gasteiger partial charge in [0.05, 0.1) is 19.8 Å². The summed E-state index contributed by atoms with van der Waals surface area (Å²) in [5, 5.41) is 5.77. The summed E-state index contributed by atoms with van der Waals surface area (Å²) < 4.78 is 11.3. The molecule has 0 aliphatic rings. The molecule has 0 heterocycles. The van der Waals surface area contributed by atoms with Crippen molar-refractivity contribution in [3.05, 3.63) is 52.5 Å². The van der Waals surface area contributed by atoms with E-state index < -0.39 is 0 Å². The molecule has 2 aromatic rings. The second-order valence-corrected chi connectivity index (χ2v) is 5.81. The number of ether oxygens (including phenoxy) is 2. The maximum Gasteiger partial charge on any atom is 0.261 e. The van der Waals surface area contributed by atoms with Gasteiger partial charge in [-0.1, -0.05) is 15.9 Å². The number of anilines is 1. The van der Waals surface area contributed by atoms with Gasteiger partial charge >= 0.3 is 0 Å². The molecule has 2 aromatic carbocycles. The minimum absolute atomic E-state index is 0.204. The minimum atomic E-state index is -0.362. The minimum Gasteiger partial charge on any atom is -0.497 e. The number of hydrogen-bond acceptors (Lipinski definition) is 4. The number of hydrogen-bond donors (Lipinski definition) is 2. The average Bonchev–Trinajstić information content (AvgIpc) is 2.56. The quantitative estimate of drug-likeness (QED) is 0.775. The van der Waals surface area contributed by atoms with E-state index in [0.717, 1.165) is 10.2 Å². The molecule has 2 rings (SSSR count). The number of carbonyl (C=O) groups excluding carboxylic acids is 1. The zero-order valence-electron chi connectivity index (χ0n) is 12.6. The predicted octanol–water partition coefficient (Wildman–Crippen LogP) is 3.59. The second kappa shape index (κ2) is 7.94. The first kappa shape index (κ1) is 17.2. The number of amides is 1. The van der Waals surface area contributed by atoms with Crippen molar-refractivity contribution < 1.29 is 14.3 Å². The lowest BCUT2D eigenvalue weighted by Gasteiger charge is -2.12. The van der Waals surface area contributed by atoms with Gasteiger partial charge in [0.25, 0.3) is 5.91 Å². The molecule has 23 heavy (non-hydrogen) atoms. The van der Waals surface area contributed by atoms with Crippen molar-refractivity contribution in [2.75, 3.05) is 19.5 Å². The van der Waals surface area contributed by atoms with Gasteiger partial charge in [0.2, 0.25) is 0 Å². The third kappa shape index (κ3) is 4.67. The largest absolute Gasteiger partial charge is 0.497 e. The highest BCUT2D eigenvalue weighted by Crippen LogP contribution is 2.24. The van der Waals surface area contributed by atoms with Crippen molar-refractivity contribution in [2.24, 2.45) is 0 Å². The zero-order valence-corrected chi connectivity index (χ0v) is 15.0. The van der Waals surface area contributed by atoms with Gasteiger partial charge in [-0.3, -0.25) is 10.1 Å². The maximum absolute atomic E-state index is 12.3. The first-order chi connectivity index (χ1) is 11.0. The van der Waals surface area contributed by atoms with Crippen LogP contribution in [-0.2, 0) is 0 Å². The van der Waals surface area contributed by atoms with Crippen LogP contribution in [0.25, 0.3) is 0 Å². The van der Waals surface area contributed by atoms with Gasteiger partial charge in [-0.15, -0.1) is 0 Å². The molecule has 120 valence electrons. The summed E-state index contributed by atoms with van der Waals surface area (Å²) in [4.78, 5) is 12.3. The molecule has 0 bridgehead atoms. The number of benzene rings is 2. The average molecular weight is 395 g/mol. The van der Waals surface area contributed by atoms with Gasteiger partial charge in [-0.25, -0.2) is 0 Å². The topological polar surface area (TPSA) is 59.6 Å². The first-order valence-electron chi connectivity index (χ1n) is 6.63. The molecule has 2 N–H and O–H groups in total. The molecule has 0 fully saturated rings. The lowest BCUT2D eigenvalue weighted by atomic mass is 10.2. The van der Waals surface area contributed by atoms with Crippen molar-refractivity contribution in [2.45, 2.75) is 0 Å². The molecule has 5 nitrogen and oxygen atoms in total. The number of rotatable bonds is 4. The summed E-state index contributed by atoms with van der Waals surface area (Å²) in [6, 6.07) is 12.4. The third-order valence-electron chi connectivity index (χ3n) is 2.98. The summed E-state index contributed by atoms with van der Waals surface area (Å²) in [5.74, 6) is 0.654. The summed E-state index contributed by atoms with van der Waals surface area (Å²) >= 11 is 8.51. The first-order valence-corrected chi connectivity index (χ1v) is 7.83. The van der Waals surface area contributed by atoms with Crippen LogP contribution in [0.15, 0.2) is 46.9 Å². The highest BCUT2D eigenvalue weighted by molar-refractivity contribution is 9.10. The summed E-state index contributed by atoms with van der Waals surface area (Å²) in [5.41, 5.74) is 1.15. The standard InChI is InChI=1S/C16H15BrN2O3S/c1-21-12-7-8-13(14(9-12)22-2)15(20)19-16(23)18-11-5-3-10(17)4-6-11/h3-9H,1-2H3,(H2,18,19,20,23). The smallest absolute Gasteiger partial charge is 0.261 e. The number of nitrogens with one attached hydrogen (secondary N) is 2. The fraction of sp³-hybridized carbons (Fsp3) is 0.125. The lowest BCUT2D eigenvalue weighted by molar-refractivity contribution is 0.0974. The molecule has 1 amide bonds. The molecule has 0 aliphatic carbocycles. The Bertz CT molecular complexity index is 720. The molecular weight excluding hydrogens is 380 g/mol. The number of carbonyl (C=O) groups is 1. The molecule has 0 radical (unpaired) electrons. The lowest BCUT2D eigenvalue weighted by Crippen LogP contribution is -2.34. The molecule has 0 atom stereocenters. The molecule has 0 saturated heterocycles. The Labute approximate surface area is 148 Å². The Balaban J connectivity index is 2.06. The van der Waals surface area contributed by atoms with Crippen LogP contribution in [0.3, 0.4) is 0 Å². The Morgan fingerprint density at radius 2 is 1.78 bits per heavy atom. The van der Waals surface area contributed by atoms with Gasteiger partial charge in [0, 0.05) is 16.2 Å². The number of methoxy groups -OCH3 is 2. The summed E-state index contributed by atoms with van der Waals surface area (Å²) in [7, 11) is 3.04. The normalized spacial score (nSPS) is 9.87. The van der Waals surface area contributed by atoms with E-state index in [0.29, 0.717) is 17.1 Å². The van der Waals surface area contributed by atoms with Crippen LogP contribution in [0, 0.1) is 0 Å². The predicted molar refractivity (Wildman–Crippen MR) is 97.4 cm³/mol. The van der Waals surface area contributed by atoms with Crippen LogP contribution in [0.5, 0.6) is 11.5 Å². The van der Waals surface area contributed by atoms with Gasteiger partial charge in [0.15, 0.2) is 5.11 Å². The number of halogens is 1. The van der Waals surface area contributed by atoms with E-state index in [-0.39, 0.29) is 11.0 Å². The fourth-order valence-electron chi connectivity index (χ4n) is 1.85. The SMILES string of the molecule is COc1ccc(C(=O)NC(=S)Nc2ccc(Br)cc2)c(OC)c1. The van der Waals surface area contributed by atoms with E-state index in [9.17, 15) is 4.79 Å². The van der Waals surface area contributed by atoms with Crippen LogP contribution in [-0.4, -0.2) is 25.2 Å². The molecule has 7 heteroatoms. The molecular formula is C16H15BrN2O3S. The second-order valence-electron chi connectivity index (χ2n) is 4.48. The Kier molecular flexibility index (Phi) is 5.95. The molecule has 0 unspecified atom stereocenters. The monoisotopic (exact) mass is 394 g/mol. The molecule has 0 aromatic heterocycles. The van der Waals surface area contributed by atoms with E-state index in [4.69, 9.17) is 21.7 Å². The highest BCUT2D eigenvalue weighted by atomic mass is 79.9. The van der Waals surface area contributed by atoms with Crippen molar-refractivity contribution in [1.82, 2.24) is 5.32 Å². The Morgan fingerprint density at radius 1 is 1.09 bits per heavy atom. The van der Waals surface area contributed by atoms with Gasteiger partial charge in [0.1, 0.15) is 11.5 Å². The van der Waals surface area contributed by atoms with E-state index >= 15 is 0 Å². The van der Waals surface area contributed by atoms with Crippen molar-refractivity contribution in [1.29, 1.82) is 0 Å². The number of thiocarbonyl (C=S) groups is 1. The van der Waals surface area contributed by atoms with E-state index in [1.807, 2.05) is 24.3 Å². The van der Waals surface area contributed by atoms with Crippen LogP contribution in [0.4, 0.5) is 5.69 Å². The van der Waals surface area contributed by atoms with E-state index in [1.54, 1.807) is 25.3 Å². The van der Waals surface area contributed by atoms with Crippen LogP contribution < -0.4 is 20.1 Å². The van der Waals surface area contributed by atoms with Crippen molar-refractivity contribution >= 4 is 44.9 Å². The van der Waals surface area contributed by atoms with Crippen LogP contribution in [0.1, 0.15) is 10.4 Å². The van der Waals surface area contributed by atoms with Gasteiger partial charge in [-0.2, -0.15) is 0 Å². The summed E-state index contributed by atoms with van der Waals surface area (Å²) in [6.07, 6.45) is 0. The molecule has 0 saturated carbocycles. The van der Waals surface area contributed by atoms with E-state index in [2.05, 4.69) is 26.6 Å². The molecule has 0 spiro atoms. The Hall–Kier alpha value is -2.12. The third-order valence-corrected chi connectivity index (χ3v) is 3.72. The van der Waals surface area contributed by atoms with Gasteiger partial charge in [-0.05, 0) is 48.6 Å².